The Morgan fingerprint density at radius 2 is 2.05 bits per heavy atom. The Bertz CT molecular complexity index is 436. The van der Waals surface area contributed by atoms with Crippen LogP contribution >= 0.6 is 0 Å². The molecule has 1 unspecified atom stereocenters. The molecule has 0 radical (unpaired) electrons. The summed E-state index contributed by atoms with van der Waals surface area (Å²) in [5, 5.41) is 9.89. The Hall–Kier alpha value is -1.30. The van der Waals surface area contributed by atoms with Crippen molar-refractivity contribution in [3.8, 4) is 11.5 Å². The van der Waals surface area contributed by atoms with E-state index in [2.05, 4.69) is 4.90 Å². The minimum absolute atomic E-state index is 0.142. The molecule has 1 N–H and O–H groups in total. The third-order valence-electron chi connectivity index (χ3n) is 3.03. The number of ether oxygens (including phenoxy) is 3. The van der Waals surface area contributed by atoms with Gasteiger partial charge < -0.3 is 19.3 Å². The zero-order chi connectivity index (χ0) is 14.5. The highest BCUT2D eigenvalue weighted by Crippen LogP contribution is 2.32. The molecule has 0 amide bonds. The topological polar surface area (TPSA) is 51.2 Å². The molecule has 1 heterocycles. The van der Waals surface area contributed by atoms with Crippen LogP contribution in [0.1, 0.15) is 19.4 Å². The molecular formula is C15H23NO4. The van der Waals surface area contributed by atoms with Crippen molar-refractivity contribution in [2.45, 2.75) is 32.6 Å². The van der Waals surface area contributed by atoms with Gasteiger partial charge in [0, 0.05) is 13.1 Å². The second-order valence-corrected chi connectivity index (χ2v) is 5.42. The van der Waals surface area contributed by atoms with Gasteiger partial charge in [-0.1, -0.05) is 6.07 Å². The minimum Gasteiger partial charge on any atom is -0.454 e. The third-order valence-corrected chi connectivity index (χ3v) is 3.03. The van der Waals surface area contributed by atoms with Gasteiger partial charge in [0.05, 0.1) is 18.8 Å². The fraction of sp³-hybridized carbons (Fsp3) is 0.600. The van der Waals surface area contributed by atoms with Crippen LogP contribution < -0.4 is 9.47 Å². The van der Waals surface area contributed by atoms with E-state index in [4.69, 9.17) is 14.2 Å². The summed E-state index contributed by atoms with van der Waals surface area (Å²) in [6.45, 7) is 5.89. The molecule has 1 aromatic carbocycles. The quantitative estimate of drug-likeness (QED) is 0.823. The Morgan fingerprint density at radius 1 is 1.30 bits per heavy atom. The summed E-state index contributed by atoms with van der Waals surface area (Å²) in [5.74, 6) is 1.58. The predicted molar refractivity (Wildman–Crippen MR) is 76.0 cm³/mol. The Kier molecular flexibility index (Phi) is 5.23. The first-order chi connectivity index (χ1) is 9.54. The molecule has 1 aliphatic rings. The smallest absolute Gasteiger partial charge is 0.231 e. The second kappa shape index (κ2) is 6.92. The number of likely N-dealkylation sites (N-methyl/N-ethyl adjacent to an activating group) is 1. The van der Waals surface area contributed by atoms with Crippen LogP contribution in [0.15, 0.2) is 18.2 Å². The standard InChI is InChI=1S/C15H23NO4/c1-11(2)18-9-13(17)8-16(3)7-12-4-5-14-15(6-12)20-10-19-14/h4-6,11,13,17H,7-10H2,1-3H3. The van der Waals surface area contributed by atoms with Crippen molar-refractivity contribution in [3.05, 3.63) is 23.8 Å². The SMILES string of the molecule is CC(C)OCC(O)CN(C)Cc1ccc2c(c1)OCO2. The van der Waals surface area contributed by atoms with Crippen molar-refractivity contribution < 1.29 is 19.3 Å². The fourth-order valence-electron chi connectivity index (χ4n) is 2.13. The number of hydrogen-bond donors (Lipinski definition) is 1. The summed E-state index contributed by atoms with van der Waals surface area (Å²) in [6, 6.07) is 5.92. The first-order valence-electron chi connectivity index (χ1n) is 6.91. The molecule has 1 aliphatic heterocycles. The molecule has 0 fully saturated rings. The van der Waals surface area contributed by atoms with Crippen LogP contribution in [-0.2, 0) is 11.3 Å². The third kappa shape index (κ3) is 4.37. The van der Waals surface area contributed by atoms with Gasteiger partial charge in [0.1, 0.15) is 0 Å². The van der Waals surface area contributed by atoms with Gasteiger partial charge in [-0.05, 0) is 38.6 Å². The lowest BCUT2D eigenvalue weighted by atomic mass is 10.2. The number of fused-ring (bicyclic) bond motifs is 1. The van der Waals surface area contributed by atoms with Crippen LogP contribution in [0.25, 0.3) is 0 Å². The fourth-order valence-corrected chi connectivity index (χ4v) is 2.13. The van der Waals surface area contributed by atoms with Crippen LogP contribution in [0.3, 0.4) is 0 Å². The van der Waals surface area contributed by atoms with Gasteiger partial charge in [-0.2, -0.15) is 0 Å². The molecule has 1 atom stereocenters. The number of hydrogen-bond acceptors (Lipinski definition) is 5. The first kappa shape index (κ1) is 15.1. The zero-order valence-corrected chi connectivity index (χ0v) is 12.3. The van der Waals surface area contributed by atoms with Gasteiger partial charge in [0.25, 0.3) is 0 Å². The number of aliphatic hydroxyl groups excluding tert-OH is 1. The van der Waals surface area contributed by atoms with E-state index in [9.17, 15) is 5.11 Å². The average Bonchev–Trinajstić information content (AvgIpc) is 2.83. The molecule has 5 heteroatoms. The van der Waals surface area contributed by atoms with Gasteiger partial charge in [0.2, 0.25) is 6.79 Å². The zero-order valence-electron chi connectivity index (χ0n) is 12.3. The molecule has 0 saturated carbocycles. The van der Waals surface area contributed by atoms with Crippen molar-refractivity contribution in [2.75, 3.05) is 27.0 Å². The molecule has 1 aromatic rings. The molecule has 5 nitrogen and oxygen atoms in total. The van der Waals surface area contributed by atoms with Crippen LogP contribution in [0.5, 0.6) is 11.5 Å². The lowest BCUT2D eigenvalue weighted by Crippen LogP contribution is -2.32. The molecule has 0 aliphatic carbocycles. The first-order valence-corrected chi connectivity index (χ1v) is 6.91. The molecule has 0 spiro atoms. The van der Waals surface area contributed by atoms with Crippen LogP contribution in [0.2, 0.25) is 0 Å². The maximum absolute atomic E-state index is 9.89. The van der Waals surface area contributed by atoms with E-state index in [0.29, 0.717) is 19.9 Å². The van der Waals surface area contributed by atoms with Crippen molar-refractivity contribution in [1.29, 1.82) is 0 Å². The molecule has 0 aromatic heterocycles. The van der Waals surface area contributed by atoms with Gasteiger partial charge in [-0.15, -0.1) is 0 Å². The lowest BCUT2D eigenvalue weighted by Gasteiger charge is -2.21. The summed E-state index contributed by atoms with van der Waals surface area (Å²) >= 11 is 0. The van der Waals surface area contributed by atoms with Crippen molar-refractivity contribution in [3.63, 3.8) is 0 Å². The van der Waals surface area contributed by atoms with E-state index < -0.39 is 6.10 Å². The van der Waals surface area contributed by atoms with E-state index >= 15 is 0 Å². The Labute approximate surface area is 120 Å². The Balaban J connectivity index is 1.80. The van der Waals surface area contributed by atoms with E-state index in [1.807, 2.05) is 39.1 Å². The minimum atomic E-state index is -0.476. The molecule has 2 rings (SSSR count). The largest absolute Gasteiger partial charge is 0.454 e. The summed E-state index contributed by atoms with van der Waals surface area (Å²) in [7, 11) is 1.98. The molecular weight excluding hydrogens is 258 g/mol. The van der Waals surface area contributed by atoms with E-state index in [1.165, 1.54) is 0 Å². The van der Waals surface area contributed by atoms with E-state index in [0.717, 1.165) is 23.6 Å². The van der Waals surface area contributed by atoms with Crippen molar-refractivity contribution >= 4 is 0 Å². The monoisotopic (exact) mass is 281 g/mol. The number of aliphatic hydroxyl groups is 1. The summed E-state index contributed by atoms with van der Waals surface area (Å²) in [5.41, 5.74) is 1.13. The number of nitrogens with zero attached hydrogens (tertiary/aromatic N) is 1. The molecule has 0 bridgehead atoms. The molecule has 112 valence electrons. The number of benzene rings is 1. The normalized spacial score (nSPS) is 15.1. The van der Waals surface area contributed by atoms with Crippen molar-refractivity contribution in [1.82, 2.24) is 4.90 Å². The second-order valence-electron chi connectivity index (χ2n) is 5.42. The Morgan fingerprint density at radius 3 is 2.80 bits per heavy atom. The van der Waals surface area contributed by atoms with E-state index in [-0.39, 0.29) is 6.10 Å². The maximum Gasteiger partial charge on any atom is 0.231 e. The highest BCUT2D eigenvalue weighted by atomic mass is 16.7. The summed E-state index contributed by atoms with van der Waals surface area (Å²) in [6.07, 6.45) is -0.333. The van der Waals surface area contributed by atoms with Gasteiger partial charge in [-0.25, -0.2) is 0 Å². The van der Waals surface area contributed by atoms with Gasteiger partial charge >= 0.3 is 0 Å². The van der Waals surface area contributed by atoms with Crippen LogP contribution in [0, 0.1) is 0 Å². The highest BCUT2D eigenvalue weighted by molar-refractivity contribution is 5.44. The molecule has 20 heavy (non-hydrogen) atoms. The number of rotatable bonds is 7. The van der Waals surface area contributed by atoms with Gasteiger partial charge in [0.15, 0.2) is 11.5 Å². The summed E-state index contributed by atoms with van der Waals surface area (Å²) in [4.78, 5) is 2.06. The highest BCUT2D eigenvalue weighted by Gasteiger charge is 2.15. The van der Waals surface area contributed by atoms with Gasteiger partial charge in [-0.3, -0.25) is 4.90 Å². The predicted octanol–water partition coefficient (Wildman–Crippen LogP) is 1.63. The van der Waals surface area contributed by atoms with Crippen molar-refractivity contribution in [2.24, 2.45) is 0 Å². The molecule has 0 saturated heterocycles. The average molecular weight is 281 g/mol. The maximum atomic E-state index is 9.89. The van der Waals surface area contributed by atoms with Crippen LogP contribution in [-0.4, -0.2) is 49.2 Å². The van der Waals surface area contributed by atoms with E-state index in [1.54, 1.807) is 0 Å². The lowest BCUT2D eigenvalue weighted by molar-refractivity contribution is -0.00635. The van der Waals surface area contributed by atoms with Crippen LogP contribution in [0.4, 0.5) is 0 Å². The summed E-state index contributed by atoms with van der Waals surface area (Å²) < 4.78 is 16.0.